The van der Waals surface area contributed by atoms with Crippen molar-refractivity contribution in [2.24, 2.45) is 5.41 Å². The van der Waals surface area contributed by atoms with Gasteiger partial charge in [0.25, 0.3) is 0 Å². The van der Waals surface area contributed by atoms with Crippen molar-refractivity contribution in [1.29, 1.82) is 0 Å². The highest BCUT2D eigenvalue weighted by Gasteiger charge is 2.21. The SMILES string of the molecule is CC1=CC=CC(C)(C=O)C1. The first-order valence-electron chi connectivity index (χ1n) is 3.48. The molecular formula is C9H12O. The van der Waals surface area contributed by atoms with Crippen LogP contribution < -0.4 is 0 Å². The fourth-order valence-electron chi connectivity index (χ4n) is 1.23. The zero-order chi connectivity index (χ0) is 7.61. The number of carbonyl (C=O) groups excluding carboxylic acids is 1. The van der Waals surface area contributed by atoms with E-state index in [0.717, 1.165) is 12.7 Å². The van der Waals surface area contributed by atoms with Gasteiger partial charge < -0.3 is 4.79 Å². The molecule has 1 aliphatic carbocycles. The molecule has 0 radical (unpaired) electrons. The highest BCUT2D eigenvalue weighted by Crippen LogP contribution is 2.28. The Morgan fingerprint density at radius 3 is 2.80 bits per heavy atom. The molecule has 0 heterocycles. The Kier molecular flexibility index (Phi) is 1.75. The summed E-state index contributed by atoms with van der Waals surface area (Å²) in [5.41, 5.74) is 1.04. The summed E-state index contributed by atoms with van der Waals surface area (Å²) in [5.74, 6) is 0. The van der Waals surface area contributed by atoms with Crippen molar-refractivity contribution in [1.82, 2.24) is 0 Å². The van der Waals surface area contributed by atoms with Gasteiger partial charge in [-0.05, 0) is 20.3 Å². The van der Waals surface area contributed by atoms with E-state index in [1.54, 1.807) is 0 Å². The summed E-state index contributed by atoms with van der Waals surface area (Å²) in [6, 6.07) is 0. The third-order valence-corrected chi connectivity index (χ3v) is 1.79. The zero-order valence-corrected chi connectivity index (χ0v) is 6.42. The molecule has 10 heavy (non-hydrogen) atoms. The largest absolute Gasteiger partial charge is 0.302 e. The molecule has 0 saturated heterocycles. The smallest absolute Gasteiger partial charge is 0.129 e. The molecule has 0 fully saturated rings. The molecule has 1 unspecified atom stereocenters. The van der Waals surface area contributed by atoms with Gasteiger partial charge in [-0.25, -0.2) is 0 Å². The molecule has 0 saturated carbocycles. The van der Waals surface area contributed by atoms with Gasteiger partial charge >= 0.3 is 0 Å². The maximum atomic E-state index is 10.5. The number of hydrogen-bond acceptors (Lipinski definition) is 1. The summed E-state index contributed by atoms with van der Waals surface area (Å²) >= 11 is 0. The molecule has 54 valence electrons. The summed E-state index contributed by atoms with van der Waals surface area (Å²) in [6.07, 6.45) is 7.83. The van der Waals surface area contributed by atoms with Crippen LogP contribution in [-0.2, 0) is 4.79 Å². The number of aldehydes is 1. The molecule has 1 heteroatoms. The number of rotatable bonds is 1. The highest BCUT2D eigenvalue weighted by molar-refractivity contribution is 5.63. The van der Waals surface area contributed by atoms with E-state index in [9.17, 15) is 4.79 Å². The van der Waals surface area contributed by atoms with Crippen LogP contribution in [0.25, 0.3) is 0 Å². The Morgan fingerprint density at radius 1 is 1.70 bits per heavy atom. The second-order valence-corrected chi connectivity index (χ2v) is 3.17. The molecule has 1 aliphatic rings. The van der Waals surface area contributed by atoms with Crippen molar-refractivity contribution in [2.75, 3.05) is 0 Å². The van der Waals surface area contributed by atoms with E-state index < -0.39 is 0 Å². The van der Waals surface area contributed by atoms with E-state index in [1.807, 2.05) is 32.1 Å². The zero-order valence-electron chi connectivity index (χ0n) is 6.42. The Hall–Kier alpha value is -0.850. The number of hydrogen-bond donors (Lipinski definition) is 0. The minimum absolute atomic E-state index is 0.237. The van der Waals surface area contributed by atoms with Crippen LogP contribution in [0.5, 0.6) is 0 Å². The third kappa shape index (κ3) is 1.35. The van der Waals surface area contributed by atoms with Gasteiger partial charge in [0, 0.05) is 5.41 Å². The fraction of sp³-hybridized carbons (Fsp3) is 0.444. The lowest BCUT2D eigenvalue weighted by Crippen LogP contribution is -2.16. The van der Waals surface area contributed by atoms with Crippen LogP contribution in [0.1, 0.15) is 20.3 Å². The third-order valence-electron chi connectivity index (χ3n) is 1.79. The lowest BCUT2D eigenvalue weighted by Gasteiger charge is -2.21. The predicted octanol–water partition coefficient (Wildman–Crippen LogP) is 2.10. The second-order valence-electron chi connectivity index (χ2n) is 3.17. The highest BCUT2D eigenvalue weighted by atomic mass is 16.1. The van der Waals surface area contributed by atoms with Gasteiger partial charge in [-0.15, -0.1) is 0 Å². The Labute approximate surface area is 61.4 Å². The molecule has 1 rings (SSSR count). The summed E-state index contributed by atoms with van der Waals surface area (Å²) in [7, 11) is 0. The molecule has 0 bridgehead atoms. The molecular weight excluding hydrogens is 124 g/mol. The van der Waals surface area contributed by atoms with Crippen LogP contribution in [0.15, 0.2) is 23.8 Å². The first kappa shape index (κ1) is 7.26. The molecule has 1 nitrogen and oxygen atoms in total. The molecule has 0 aliphatic heterocycles. The normalized spacial score (nSPS) is 31.6. The molecule has 0 N–H and O–H groups in total. The van der Waals surface area contributed by atoms with Gasteiger partial charge in [-0.3, -0.25) is 0 Å². The van der Waals surface area contributed by atoms with Gasteiger partial charge in [0.05, 0.1) is 0 Å². The molecule has 1 atom stereocenters. The van der Waals surface area contributed by atoms with E-state index in [-0.39, 0.29) is 5.41 Å². The second kappa shape index (κ2) is 2.41. The van der Waals surface area contributed by atoms with Gasteiger partial charge in [-0.2, -0.15) is 0 Å². The van der Waals surface area contributed by atoms with Crippen LogP contribution in [0, 0.1) is 5.41 Å². The van der Waals surface area contributed by atoms with Crippen LogP contribution in [0.3, 0.4) is 0 Å². The summed E-state index contributed by atoms with van der Waals surface area (Å²) in [4.78, 5) is 10.5. The maximum Gasteiger partial charge on any atom is 0.129 e. The molecule has 0 aromatic carbocycles. The minimum atomic E-state index is -0.237. The summed E-state index contributed by atoms with van der Waals surface area (Å²) in [5, 5.41) is 0. The van der Waals surface area contributed by atoms with Gasteiger partial charge in [-0.1, -0.05) is 23.8 Å². The number of carbonyl (C=O) groups is 1. The summed E-state index contributed by atoms with van der Waals surface area (Å²) < 4.78 is 0. The molecule has 0 aromatic rings. The monoisotopic (exact) mass is 136 g/mol. The minimum Gasteiger partial charge on any atom is -0.302 e. The lowest BCUT2D eigenvalue weighted by molar-refractivity contribution is -0.113. The van der Waals surface area contributed by atoms with Crippen LogP contribution in [-0.4, -0.2) is 6.29 Å². The predicted molar refractivity (Wildman–Crippen MR) is 41.7 cm³/mol. The van der Waals surface area contributed by atoms with Crippen molar-refractivity contribution >= 4 is 6.29 Å². The topological polar surface area (TPSA) is 17.1 Å². The number of allylic oxidation sites excluding steroid dienone is 4. The average Bonchev–Trinajstić information content (AvgIpc) is 1.88. The van der Waals surface area contributed by atoms with Crippen molar-refractivity contribution in [3.63, 3.8) is 0 Å². The van der Waals surface area contributed by atoms with Crippen LogP contribution in [0.4, 0.5) is 0 Å². The first-order chi connectivity index (χ1) is 4.66. The Balaban J connectivity index is 2.80. The molecule has 0 aromatic heterocycles. The van der Waals surface area contributed by atoms with Crippen molar-refractivity contribution in [2.45, 2.75) is 20.3 Å². The maximum absolute atomic E-state index is 10.5. The van der Waals surface area contributed by atoms with Gasteiger partial charge in [0.1, 0.15) is 6.29 Å². The van der Waals surface area contributed by atoms with Crippen molar-refractivity contribution in [3.05, 3.63) is 23.8 Å². The average molecular weight is 136 g/mol. The lowest BCUT2D eigenvalue weighted by atomic mass is 9.82. The Morgan fingerprint density at radius 2 is 2.40 bits per heavy atom. The fourth-order valence-corrected chi connectivity index (χ4v) is 1.23. The van der Waals surface area contributed by atoms with Crippen LogP contribution >= 0.6 is 0 Å². The van der Waals surface area contributed by atoms with E-state index in [0.29, 0.717) is 0 Å². The first-order valence-corrected chi connectivity index (χ1v) is 3.48. The van der Waals surface area contributed by atoms with Gasteiger partial charge in [0.15, 0.2) is 0 Å². The van der Waals surface area contributed by atoms with Crippen molar-refractivity contribution in [3.8, 4) is 0 Å². The standard InChI is InChI=1S/C9H12O/c1-8-4-3-5-9(2,6-8)7-10/h3-5,7H,6H2,1-2H3. The van der Waals surface area contributed by atoms with E-state index in [1.165, 1.54) is 5.57 Å². The quantitative estimate of drug-likeness (QED) is 0.504. The Bertz CT molecular complexity index is 201. The molecule has 0 spiro atoms. The van der Waals surface area contributed by atoms with Crippen LogP contribution in [0.2, 0.25) is 0 Å². The molecule has 0 amide bonds. The van der Waals surface area contributed by atoms with Crippen molar-refractivity contribution < 1.29 is 4.79 Å². The van der Waals surface area contributed by atoms with E-state index >= 15 is 0 Å². The van der Waals surface area contributed by atoms with Gasteiger partial charge in [0.2, 0.25) is 0 Å². The van der Waals surface area contributed by atoms with E-state index in [2.05, 4.69) is 0 Å². The van der Waals surface area contributed by atoms with E-state index in [4.69, 9.17) is 0 Å². The summed E-state index contributed by atoms with van der Waals surface area (Å²) in [6.45, 7) is 4.00.